The molecule has 0 aliphatic rings. The van der Waals surface area contributed by atoms with Crippen LogP contribution in [-0.2, 0) is 6.54 Å². The maximum Gasteiger partial charge on any atom is 0.319 e. The highest BCUT2D eigenvalue weighted by Gasteiger charge is 2.11. The normalized spacial score (nSPS) is 10.4. The number of carbonyl (C=O) groups is 1. The lowest BCUT2D eigenvalue weighted by molar-refractivity contribution is 0.251. The van der Waals surface area contributed by atoms with Gasteiger partial charge in [0.25, 0.3) is 0 Å². The van der Waals surface area contributed by atoms with Crippen LogP contribution in [-0.4, -0.2) is 27.4 Å². The topological polar surface area (TPSA) is 68.8 Å². The van der Waals surface area contributed by atoms with Gasteiger partial charge in [-0.3, -0.25) is 0 Å². The van der Waals surface area contributed by atoms with Crippen LogP contribution in [0.5, 0.6) is 17.2 Å². The number of ether oxygens (including phenoxy) is 3. The summed E-state index contributed by atoms with van der Waals surface area (Å²) in [4.78, 5) is 12.3. The van der Waals surface area contributed by atoms with Gasteiger partial charge >= 0.3 is 6.03 Å². The van der Waals surface area contributed by atoms with Gasteiger partial charge in [0.05, 0.1) is 21.3 Å². The molecule has 28 heavy (non-hydrogen) atoms. The number of urea groups is 1. The minimum Gasteiger partial charge on any atom is -0.497 e. The highest BCUT2D eigenvalue weighted by molar-refractivity contribution is 5.91. The number of methoxy groups -OCH3 is 3. The number of amides is 2. The monoisotopic (exact) mass is 380 g/mol. The predicted molar refractivity (Wildman–Crippen MR) is 111 cm³/mol. The Balaban J connectivity index is 1.66. The van der Waals surface area contributed by atoms with Crippen molar-refractivity contribution in [1.29, 1.82) is 0 Å². The largest absolute Gasteiger partial charge is 0.497 e. The van der Waals surface area contributed by atoms with E-state index in [0.717, 1.165) is 27.6 Å². The van der Waals surface area contributed by atoms with Gasteiger partial charge in [-0.15, -0.1) is 0 Å². The minimum absolute atomic E-state index is 0.287. The first-order valence-electron chi connectivity index (χ1n) is 8.88. The molecule has 0 aliphatic carbocycles. The molecule has 2 amide bonds. The van der Waals surface area contributed by atoms with E-state index in [1.807, 2.05) is 43.3 Å². The fourth-order valence-corrected chi connectivity index (χ4v) is 2.97. The van der Waals surface area contributed by atoms with Gasteiger partial charge in [-0.05, 0) is 53.1 Å². The van der Waals surface area contributed by atoms with Crippen molar-refractivity contribution in [2.45, 2.75) is 13.5 Å². The first kappa shape index (κ1) is 19.4. The molecule has 3 aromatic carbocycles. The highest BCUT2D eigenvalue weighted by atomic mass is 16.5. The maximum atomic E-state index is 12.3. The van der Waals surface area contributed by atoms with Gasteiger partial charge in [-0.1, -0.05) is 18.2 Å². The molecule has 0 saturated carbocycles. The Hall–Kier alpha value is -3.41. The molecule has 0 saturated heterocycles. The molecule has 0 aromatic heterocycles. The molecular weight excluding hydrogens is 356 g/mol. The molecule has 0 fully saturated rings. The van der Waals surface area contributed by atoms with E-state index in [-0.39, 0.29) is 6.03 Å². The number of hydrogen-bond acceptors (Lipinski definition) is 4. The Kier molecular flexibility index (Phi) is 5.89. The second kappa shape index (κ2) is 8.52. The molecule has 3 aromatic rings. The van der Waals surface area contributed by atoms with Gasteiger partial charge in [0.15, 0.2) is 11.5 Å². The summed E-state index contributed by atoms with van der Waals surface area (Å²) < 4.78 is 15.8. The number of nitrogens with one attached hydrogen (secondary N) is 2. The van der Waals surface area contributed by atoms with Crippen molar-refractivity contribution < 1.29 is 19.0 Å². The molecule has 6 nitrogen and oxygen atoms in total. The van der Waals surface area contributed by atoms with Crippen molar-refractivity contribution >= 4 is 22.5 Å². The third kappa shape index (κ3) is 4.28. The second-order valence-corrected chi connectivity index (χ2v) is 6.38. The Morgan fingerprint density at radius 2 is 1.54 bits per heavy atom. The van der Waals surface area contributed by atoms with Crippen LogP contribution in [0.2, 0.25) is 0 Å². The molecule has 0 unspecified atom stereocenters. The predicted octanol–water partition coefficient (Wildman–Crippen LogP) is 4.50. The van der Waals surface area contributed by atoms with Gasteiger partial charge in [0.2, 0.25) is 0 Å². The Morgan fingerprint density at radius 3 is 2.25 bits per heavy atom. The van der Waals surface area contributed by atoms with Crippen molar-refractivity contribution in [2.75, 3.05) is 26.6 Å². The summed E-state index contributed by atoms with van der Waals surface area (Å²) in [6, 6.07) is 15.3. The number of anilines is 1. The lowest BCUT2D eigenvalue weighted by atomic mass is 10.1. The smallest absolute Gasteiger partial charge is 0.319 e. The van der Waals surface area contributed by atoms with Crippen molar-refractivity contribution in [1.82, 2.24) is 5.32 Å². The third-order valence-electron chi connectivity index (χ3n) is 4.54. The molecule has 6 heteroatoms. The molecule has 146 valence electrons. The number of rotatable bonds is 6. The van der Waals surface area contributed by atoms with Crippen LogP contribution in [0, 0.1) is 6.92 Å². The lowest BCUT2D eigenvalue weighted by Crippen LogP contribution is -2.28. The van der Waals surface area contributed by atoms with Crippen LogP contribution >= 0.6 is 0 Å². The van der Waals surface area contributed by atoms with Gasteiger partial charge in [-0.25, -0.2) is 4.79 Å². The second-order valence-electron chi connectivity index (χ2n) is 6.38. The van der Waals surface area contributed by atoms with Crippen LogP contribution in [0.25, 0.3) is 10.8 Å². The van der Waals surface area contributed by atoms with Gasteiger partial charge in [0, 0.05) is 18.3 Å². The molecule has 0 spiro atoms. The van der Waals surface area contributed by atoms with E-state index in [0.29, 0.717) is 23.7 Å². The molecular formula is C22H24N2O4. The molecule has 0 heterocycles. The summed E-state index contributed by atoms with van der Waals surface area (Å²) in [5.41, 5.74) is 2.56. The summed E-state index contributed by atoms with van der Waals surface area (Å²) in [5, 5.41) is 7.92. The van der Waals surface area contributed by atoms with Crippen molar-refractivity contribution in [3.8, 4) is 17.2 Å². The fraction of sp³-hybridized carbons (Fsp3) is 0.227. The van der Waals surface area contributed by atoms with E-state index < -0.39 is 0 Å². The Bertz CT molecular complexity index is 1000. The molecule has 2 N–H and O–H groups in total. The lowest BCUT2D eigenvalue weighted by Gasteiger charge is -2.14. The zero-order chi connectivity index (χ0) is 20.1. The summed E-state index contributed by atoms with van der Waals surface area (Å²) >= 11 is 0. The standard InChI is InChI=1S/C22H24N2O4/c1-14-9-20(27-3)21(28-4)12-19(14)24-22(25)23-13-15-5-6-17-11-18(26-2)8-7-16(17)10-15/h5-12H,13H2,1-4H3,(H2,23,24,25). The van der Waals surface area contributed by atoms with E-state index in [2.05, 4.69) is 16.7 Å². The molecule has 0 radical (unpaired) electrons. The number of fused-ring (bicyclic) bond motifs is 1. The molecule has 3 rings (SSSR count). The maximum absolute atomic E-state index is 12.3. The van der Waals surface area contributed by atoms with E-state index in [4.69, 9.17) is 14.2 Å². The SMILES string of the molecule is COc1ccc2cc(CNC(=O)Nc3cc(OC)c(OC)cc3C)ccc2c1. The number of aryl methyl sites for hydroxylation is 1. The zero-order valence-electron chi connectivity index (χ0n) is 16.5. The first-order chi connectivity index (χ1) is 13.5. The average Bonchev–Trinajstić information content (AvgIpc) is 2.72. The number of hydrogen-bond donors (Lipinski definition) is 2. The van der Waals surface area contributed by atoms with E-state index >= 15 is 0 Å². The highest BCUT2D eigenvalue weighted by Crippen LogP contribution is 2.32. The van der Waals surface area contributed by atoms with Gasteiger partial charge < -0.3 is 24.8 Å². The van der Waals surface area contributed by atoms with Crippen LogP contribution in [0.4, 0.5) is 10.5 Å². The summed E-state index contributed by atoms with van der Waals surface area (Å²) in [5.74, 6) is 2.01. The van der Waals surface area contributed by atoms with E-state index in [1.165, 1.54) is 0 Å². The third-order valence-corrected chi connectivity index (χ3v) is 4.54. The quantitative estimate of drug-likeness (QED) is 0.661. The van der Waals surface area contributed by atoms with Crippen LogP contribution < -0.4 is 24.8 Å². The minimum atomic E-state index is -0.287. The van der Waals surface area contributed by atoms with Crippen molar-refractivity contribution in [2.24, 2.45) is 0 Å². The number of carbonyl (C=O) groups excluding carboxylic acids is 1. The molecule has 0 aliphatic heterocycles. The van der Waals surface area contributed by atoms with Crippen LogP contribution in [0.15, 0.2) is 48.5 Å². The van der Waals surface area contributed by atoms with E-state index in [1.54, 1.807) is 27.4 Å². The van der Waals surface area contributed by atoms with Crippen LogP contribution in [0.1, 0.15) is 11.1 Å². The van der Waals surface area contributed by atoms with Crippen molar-refractivity contribution in [3.05, 3.63) is 59.7 Å². The first-order valence-corrected chi connectivity index (χ1v) is 8.88. The Morgan fingerprint density at radius 1 is 0.857 bits per heavy atom. The van der Waals surface area contributed by atoms with Crippen molar-refractivity contribution in [3.63, 3.8) is 0 Å². The summed E-state index contributed by atoms with van der Waals surface area (Å²) in [6.07, 6.45) is 0. The van der Waals surface area contributed by atoms with Crippen LogP contribution in [0.3, 0.4) is 0 Å². The van der Waals surface area contributed by atoms with Gasteiger partial charge in [0.1, 0.15) is 5.75 Å². The zero-order valence-corrected chi connectivity index (χ0v) is 16.5. The number of benzene rings is 3. The van der Waals surface area contributed by atoms with Gasteiger partial charge in [-0.2, -0.15) is 0 Å². The fourth-order valence-electron chi connectivity index (χ4n) is 2.97. The Labute approximate surface area is 164 Å². The summed E-state index contributed by atoms with van der Waals surface area (Å²) in [7, 11) is 4.79. The summed E-state index contributed by atoms with van der Waals surface area (Å²) in [6.45, 7) is 2.31. The average molecular weight is 380 g/mol. The molecule has 0 atom stereocenters. The molecule has 0 bridgehead atoms. The van der Waals surface area contributed by atoms with E-state index in [9.17, 15) is 4.79 Å².